The molecule has 0 aliphatic rings. The molecule has 0 heterocycles. The van der Waals surface area contributed by atoms with Crippen LogP contribution in [0.4, 0.5) is 8.78 Å². The van der Waals surface area contributed by atoms with E-state index in [4.69, 9.17) is 5.11 Å². The van der Waals surface area contributed by atoms with Crippen LogP contribution in [0.25, 0.3) is 0 Å². The van der Waals surface area contributed by atoms with Crippen molar-refractivity contribution < 1.29 is 23.5 Å². The number of carboxylic acid groups (broad SMARTS) is 1. The van der Waals surface area contributed by atoms with Gasteiger partial charge in [-0.05, 0) is 24.1 Å². The summed E-state index contributed by atoms with van der Waals surface area (Å²) in [6, 6.07) is 2.20. The maximum absolute atomic E-state index is 13.0. The van der Waals surface area contributed by atoms with Crippen LogP contribution in [0.2, 0.25) is 0 Å². The molecule has 1 atom stereocenters. The van der Waals surface area contributed by atoms with Crippen molar-refractivity contribution >= 4 is 11.9 Å². The highest BCUT2D eigenvalue weighted by Gasteiger charge is 2.19. The van der Waals surface area contributed by atoms with Crippen LogP contribution in [0.1, 0.15) is 31.7 Å². The van der Waals surface area contributed by atoms with Crippen LogP contribution in [-0.2, 0) is 16.0 Å². The number of rotatable bonds is 7. The summed E-state index contributed by atoms with van der Waals surface area (Å²) in [5.41, 5.74) is 0.293. The lowest BCUT2D eigenvalue weighted by Crippen LogP contribution is -2.41. The van der Waals surface area contributed by atoms with E-state index >= 15 is 0 Å². The minimum atomic E-state index is -1.10. The zero-order valence-corrected chi connectivity index (χ0v) is 11.2. The van der Waals surface area contributed by atoms with E-state index in [1.54, 1.807) is 0 Å². The Labute approximate surface area is 115 Å². The van der Waals surface area contributed by atoms with Gasteiger partial charge in [0.1, 0.15) is 6.04 Å². The van der Waals surface area contributed by atoms with E-state index in [0.29, 0.717) is 18.4 Å². The van der Waals surface area contributed by atoms with Gasteiger partial charge in [-0.2, -0.15) is 0 Å². The SMILES string of the molecule is CCCC[C@@H](NC(=O)Cc1ccc(F)c(F)c1)C(=O)O. The lowest BCUT2D eigenvalue weighted by Gasteiger charge is -2.14. The molecule has 110 valence electrons. The fraction of sp³-hybridized carbons (Fsp3) is 0.429. The summed E-state index contributed by atoms with van der Waals surface area (Å²) in [5.74, 6) is -3.65. The highest BCUT2D eigenvalue weighted by Crippen LogP contribution is 2.09. The average molecular weight is 285 g/mol. The average Bonchev–Trinajstić information content (AvgIpc) is 2.38. The smallest absolute Gasteiger partial charge is 0.326 e. The Bertz CT molecular complexity index is 491. The fourth-order valence-corrected chi connectivity index (χ4v) is 1.75. The largest absolute Gasteiger partial charge is 0.480 e. The van der Waals surface area contributed by atoms with E-state index in [1.807, 2.05) is 6.92 Å². The molecule has 0 aliphatic heterocycles. The quantitative estimate of drug-likeness (QED) is 0.807. The van der Waals surface area contributed by atoms with Crippen molar-refractivity contribution in [3.8, 4) is 0 Å². The molecular formula is C14H17F2NO3. The summed E-state index contributed by atoms with van der Waals surface area (Å²) in [5, 5.41) is 11.4. The maximum Gasteiger partial charge on any atom is 0.326 e. The Balaban J connectivity index is 2.60. The Morgan fingerprint density at radius 1 is 1.30 bits per heavy atom. The highest BCUT2D eigenvalue weighted by molar-refractivity contribution is 5.84. The number of carboxylic acids is 1. The molecular weight excluding hydrogens is 268 g/mol. The van der Waals surface area contributed by atoms with Gasteiger partial charge in [-0.15, -0.1) is 0 Å². The minimum absolute atomic E-state index is 0.187. The predicted octanol–water partition coefficient (Wildman–Crippen LogP) is 2.27. The molecule has 0 aliphatic carbocycles. The number of carbonyl (C=O) groups is 2. The number of hydrogen-bond acceptors (Lipinski definition) is 2. The van der Waals surface area contributed by atoms with Crippen LogP contribution >= 0.6 is 0 Å². The van der Waals surface area contributed by atoms with Crippen molar-refractivity contribution in [1.82, 2.24) is 5.32 Å². The molecule has 0 fully saturated rings. The number of amides is 1. The predicted molar refractivity (Wildman–Crippen MR) is 69.2 cm³/mol. The molecule has 0 aromatic heterocycles. The van der Waals surface area contributed by atoms with Crippen LogP contribution in [-0.4, -0.2) is 23.0 Å². The van der Waals surface area contributed by atoms with Crippen molar-refractivity contribution in [2.45, 2.75) is 38.6 Å². The van der Waals surface area contributed by atoms with Gasteiger partial charge in [0.25, 0.3) is 0 Å². The molecule has 1 rings (SSSR count). The molecule has 6 heteroatoms. The summed E-state index contributed by atoms with van der Waals surface area (Å²) >= 11 is 0. The summed E-state index contributed by atoms with van der Waals surface area (Å²) in [4.78, 5) is 22.7. The van der Waals surface area contributed by atoms with E-state index in [0.717, 1.165) is 18.6 Å². The third-order valence-corrected chi connectivity index (χ3v) is 2.83. The second-order valence-electron chi connectivity index (χ2n) is 4.53. The van der Waals surface area contributed by atoms with E-state index < -0.39 is 29.6 Å². The molecule has 0 unspecified atom stereocenters. The van der Waals surface area contributed by atoms with E-state index in [2.05, 4.69) is 5.32 Å². The zero-order chi connectivity index (χ0) is 15.1. The molecule has 0 saturated carbocycles. The van der Waals surface area contributed by atoms with Crippen LogP contribution in [0.15, 0.2) is 18.2 Å². The van der Waals surface area contributed by atoms with Crippen molar-refractivity contribution in [3.63, 3.8) is 0 Å². The molecule has 0 spiro atoms. The van der Waals surface area contributed by atoms with Gasteiger partial charge in [0, 0.05) is 0 Å². The number of unbranched alkanes of at least 4 members (excludes halogenated alkanes) is 1. The Morgan fingerprint density at radius 2 is 2.00 bits per heavy atom. The standard InChI is InChI=1S/C14H17F2NO3/c1-2-3-4-12(14(19)20)17-13(18)8-9-5-6-10(15)11(16)7-9/h5-7,12H,2-4,8H2,1H3,(H,17,18)(H,19,20)/t12-/m1/s1. The lowest BCUT2D eigenvalue weighted by atomic mass is 10.1. The van der Waals surface area contributed by atoms with Crippen LogP contribution in [0, 0.1) is 11.6 Å². The van der Waals surface area contributed by atoms with Gasteiger partial charge in [-0.3, -0.25) is 4.79 Å². The molecule has 0 bridgehead atoms. The molecule has 1 amide bonds. The Kier molecular flexibility index (Phi) is 6.09. The molecule has 0 radical (unpaired) electrons. The van der Waals surface area contributed by atoms with Gasteiger partial charge in [-0.1, -0.05) is 25.8 Å². The topological polar surface area (TPSA) is 66.4 Å². The molecule has 1 aromatic rings. The number of halogens is 2. The summed E-state index contributed by atoms with van der Waals surface area (Å²) < 4.78 is 25.7. The van der Waals surface area contributed by atoms with Crippen molar-refractivity contribution in [1.29, 1.82) is 0 Å². The third-order valence-electron chi connectivity index (χ3n) is 2.83. The molecule has 2 N–H and O–H groups in total. The van der Waals surface area contributed by atoms with Gasteiger partial charge in [-0.25, -0.2) is 13.6 Å². The summed E-state index contributed by atoms with van der Waals surface area (Å²) in [7, 11) is 0. The number of carbonyl (C=O) groups excluding carboxylic acids is 1. The summed E-state index contributed by atoms with van der Waals surface area (Å²) in [6.45, 7) is 1.92. The lowest BCUT2D eigenvalue weighted by molar-refractivity contribution is -0.142. The second-order valence-corrected chi connectivity index (χ2v) is 4.53. The zero-order valence-electron chi connectivity index (χ0n) is 11.2. The Hall–Kier alpha value is -1.98. The highest BCUT2D eigenvalue weighted by atomic mass is 19.2. The second kappa shape index (κ2) is 7.57. The van der Waals surface area contributed by atoms with E-state index in [1.165, 1.54) is 6.07 Å². The molecule has 0 saturated heterocycles. The molecule has 1 aromatic carbocycles. The summed E-state index contributed by atoms with van der Waals surface area (Å²) in [6.07, 6.45) is 1.66. The van der Waals surface area contributed by atoms with Crippen LogP contribution in [0.5, 0.6) is 0 Å². The number of hydrogen-bond donors (Lipinski definition) is 2. The van der Waals surface area contributed by atoms with Gasteiger partial charge in [0.05, 0.1) is 6.42 Å². The fourth-order valence-electron chi connectivity index (χ4n) is 1.75. The Morgan fingerprint density at radius 3 is 2.55 bits per heavy atom. The van der Waals surface area contributed by atoms with Gasteiger partial charge >= 0.3 is 5.97 Å². The third kappa shape index (κ3) is 4.95. The van der Waals surface area contributed by atoms with Crippen molar-refractivity contribution in [2.75, 3.05) is 0 Å². The van der Waals surface area contributed by atoms with Crippen molar-refractivity contribution in [3.05, 3.63) is 35.4 Å². The van der Waals surface area contributed by atoms with Gasteiger partial charge in [0.15, 0.2) is 11.6 Å². The number of benzene rings is 1. The van der Waals surface area contributed by atoms with Crippen LogP contribution < -0.4 is 5.32 Å². The van der Waals surface area contributed by atoms with E-state index in [9.17, 15) is 18.4 Å². The normalized spacial score (nSPS) is 11.9. The van der Waals surface area contributed by atoms with Gasteiger partial charge in [0.2, 0.25) is 5.91 Å². The van der Waals surface area contributed by atoms with Gasteiger partial charge < -0.3 is 10.4 Å². The van der Waals surface area contributed by atoms with Crippen molar-refractivity contribution in [2.24, 2.45) is 0 Å². The minimum Gasteiger partial charge on any atom is -0.480 e. The first-order valence-corrected chi connectivity index (χ1v) is 6.40. The van der Waals surface area contributed by atoms with E-state index in [-0.39, 0.29) is 6.42 Å². The monoisotopic (exact) mass is 285 g/mol. The first-order chi connectivity index (χ1) is 9.43. The first-order valence-electron chi connectivity index (χ1n) is 6.40. The van der Waals surface area contributed by atoms with Crippen LogP contribution in [0.3, 0.4) is 0 Å². The first kappa shape index (κ1) is 16.1. The number of aliphatic carboxylic acids is 1. The number of nitrogens with one attached hydrogen (secondary N) is 1. The maximum atomic E-state index is 13.0. The molecule has 4 nitrogen and oxygen atoms in total. The molecule has 20 heavy (non-hydrogen) atoms.